The summed E-state index contributed by atoms with van der Waals surface area (Å²) in [7, 11) is 0. The second-order valence-electron chi connectivity index (χ2n) is 7.59. The molecule has 28 heavy (non-hydrogen) atoms. The average molecular weight is 395 g/mol. The van der Waals surface area contributed by atoms with Crippen molar-refractivity contribution in [3.63, 3.8) is 0 Å². The predicted octanol–water partition coefficient (Wildman–Crippen LogP) is 6.22. The average Bonchev–Trinajstić information content (AvgIpc) is 2.66. The molecule has 0 amide bonds. The van der Waals surface area contributed by atoms with Crippen LogP contribution in [0.5, 0.6) is 0 Å². The summed E-state index contributed by atoms with van der Waals surface area (Å²) in [5.41, 5.74) is 0. The number of amidine groups is 4. The Balaban J connectivity index is 0. The summed E-state index contributed by atoms with van der Waals surface area (Å²) in [6, 6.07) is 0.344. The largest absolute Gasteiger partial charge is 0.319 e. The summed E-state index contributed by atoms with van der Waals surface area (Å²) in [6.45, 7) is 18.9. The molecule has 1 saturated heterocycles. The van der Waals surface area contributed by atoms with Crippen LogP contribution in [0.2, 0.25) is 0 Å². The molecule has 1 rings (SSSR count). The first kappa shape index (κ1) is 28.5. The highest BCUT2D eigenvalue weighted by Crippen LogP contribution is 2.20. The van der Waals surface area contributed by atoms with Crippen LogP contribution < -0.4 is 0 Å². The third-order valence-corrected chi connectivity index (χ3v) is 4.52. The third kappa shape index (κ3) is 9.47. The number of likely N-dealkylation sites (tertiary alicyclic amines) is 1. The van der Waals surface area contributed by atoms with Crippen LogP contribution in [-0.4, -0.2) is 45.7 Å². The van der Waals surface area contributed by atoms with E-state index in [1.807, 2.05) is 58.3 Å². The van der Waals surface area contributed by atoms with E-state index in [1.54, 1.807) is 0 Å². The standard InChI is InChI=1S/C10H19N3.C10H21N3.C2H6/c1-7(2)10(12)13-8(3)5-4-6-9(13)11;1-5-7-13(9(11)6-2)10(12)8(3)4;1-2/h7-8,11-12H,4-6H2,1-3H3;8,11-12H,5-7H2,1-4H3;1-2H3. The molecule has 1 heterocycles. The summed E-state index contributed by atoms with van der Waals surface area (Å²) in [6.07, 6.45) is 4.73. The summed E-state index contributed by atoms with van der Waals surface area (Å²) in [4.78, 5) is 3.69. The minimum absolute atomic E-state index is 0.207. The van der Waals surface area contributed by atoms with Gasteiger partial charge in [-0.3, -0.25) is 21.6 Å². The highest BCUT2D eigenvalue weighted by Gasteiger charge is 2.26. The predicted molar refractivity (Wildman–Crippen MR) is 124 cm³/mol. The van der Waals surface area contributed by atoms with Crippen LogP contribution in [-0.2, 0) is 0 Å². The molecule has 1 unspecified atom stereocenters. The van der Waals surface area contributed by atoms with Gasteiger partial charge in [-0.25, -0.2) is 0 Å². The van der Waals surface area contributed by atoms with Crippen LogP contribution in [0.4, 0.5) is 0 Å². The number of hydrogen-bond donors (Lipinski definition) is 4. The van der Waals surface area contributed by atoms with Gasteiger partial charge in [-0.05, 0) is 26.2 Å². The molecule has 4 N–H and O–H groups in total. The Morgan fingerprint density at radius 1 is 1.07 bits per heavy atom. The van der Waals surface area contributed by atoms with E-state index in [0.29, 0.717) is 35.8 Å². The van der Waals surface area contributed by atoms with E-state index in [-0.39, 0.29) is 11.8 Å². The third-order valence-electron chi connectivity index (χ3n) is 4.52. The summed E-state index contributed by atoms with van der Waals surface area (Å²) in [5, 5.41) is 31.2. The molecule has 0 aromatic rings. The SMILES string of the molecule is CC.CC(C)C(=N)N1C(=N)CCCC1C.CCCN(C(=N)CC)C(=N)C(C)C. The maximum Gasteiger partial charge on any atom is 0.104 e. The molecule has 164 valence electrons. The first-order chi connectivity index (χ1) is 13.1. The van der Waals surface area contributed by atoms with Gasteiger partial charge in [0.05, 0.1) is 0 Å². The lowest BCUT2D eigenvalue weighted by Crippen LogP contribution is -2.47. The van der Waals surface area contributed by atoms with Gasteiger partial charge < -0.3 is 9.80 Å². The highest BCUT2D eigenvalue weighted by molar-refractivity contribution is 5.99. The van der Waals surface area contributed by atoms with Crippen LogP contribution in [0, 0.1) is 33.5 Å². The van der Waals surface area contributed by atoms with Gasteiger partial charge in [0, 0.05) is 37.3 Å². The van der Waals surface area contributed by atoms with Crippen LogP contribution in [0.1, 0.15) is 94.4 Å². The van der Waals surface area contributed by atoms with Crippen molar-refractivity contribution in [2.45, 2.75) is 100 Å². The van der Waals surface area contributed by atoms with Gasteiger partial charge >= 0.3 is 0 Å². The lowest BCUT2D eigenvalue weighted by atomic mass is 10.0. The molecule has 0 saturated carbocycles. The van der Waals surface area contributed by atoms with Crippen molar-refractivity contribution >= 4 is 23.3 Å². The van der Waals surface area contributed by atoms with Gasteiger partial charge in [0.1, 0.15) is 23.3 Å². The zero-order valence-corrected chi connectivity index (χ0v) is 19.9. The minimum Gasteiger partial charge on any atom is -0.319 e. The molecule has 6 heteroatoms. The van der Waals surface area contributed by atoms with E-state index in [2.05, 4.69) is 13.8 Å². The first-order valence-electron chi connectivity index (χ1n) is 11.0. The molecular formula is C22H46N6. The summed E-state index contributed by atoms with van der Waals surface area (Å²) < 4.78 is 0. The van der Waals surface area contributed by atoms with Crippen molar-refractivity contribution in [3.8, 4) is 0 Å². The molecule has 0 bridgehead atoms. The maximum absolute atomic E-state index is 7.88. The van der Waals surface area contributed by atoms with Crippen molar-refractivity contribution in [1.82, 2.24) is 9.80 Å². The molecule has 6 nitrogen and oxygen atoms in total. The number of nitrogens with one attached hydrogen (secondary N) is 4. The molecule has 1 aliphatic heterocycles. The Labute approximate surface area is 174 Å². The smallest absolute Gasteiger partial charge is 0.104 e. The van der Waals surface area contributed by atoms with Gasteiger partial charge in [0.2, 0.25) is 0 Å². The normalized spacial score (nSPS) is 16.0. The number of nitrogens with zero attached hydrogens (tertiary/aromatic N) is 2. The molecule has 0 spiro atoms. The van der Waals surface area contributed by atoms with E-state index >= 15 is 0 Å². The van der Waals surface area contributed by atoms with Crippen molar-refractivity contribution < 1.29 is 0 Å². The van der Waals surface area contributed by atoms with E-state index in [4.69, 9.17) is 21.6 Å². The topological polar surface area (TPSA) is 102 Å². The van der Waals surface area contributed by atoms with Crippen LogP contribution in [0.25, 0.3) is 0 Å². The minimum atomic E-state index is 0.207. The Kier molecular flexibility index (Phi) is 15.5. The van der Waals surface area contributed by atoms with Gasteiger partial charge in [-0.2, -0.15) is 0 Å². The zero-order valence-electron chi connectivity index (χ0n) is 19.9. The number of rotatable bonds is 5. The second-order valence-corrected chi connectivity index (χ2v) is 7.59. The van der Waals surface area contributed by atoms with Gasteiger partial charge in [-0.15, -0.1) is 0 Å². The van der Waals surface area contributed by atoms with Crippen molar-refractivity contribution in [2.24, 2.45) is 11.8 Å². The lowest BCUT2D eigenvalue weighted by molar-refractivity contribution is 0.371. The fourth-order valence-corrected chi connectivity index (χ4v) is 2.87. The number of piperidine rings is 1. The summed E-state index contributed by atoms with van der Waals surface area (Å²) >= 11 is 0. The molecule has 0 radical (unpaired) electrons. The van der Waals surface area contributed by atoms with Crippen LogP contribution >= 0.6 is 0 Å². The lowest BCUT2D eigenvalue weighted by Gasteiger charge is -2.36. The maximum atomic E-state index is 7.88. The van der Waals surface area contributed by atoms with Gasteiger partial charge in [0.15, 0.2) is 0 Å². The second kappa shape index (κ2) is 15.2. The fraction of sp³-hybridized carbons (Fsp3) is 0.818. The fourth-order valence-electron chi connectivity index (χ4n) is 2.87. The Bertz CT molecular complexity index is 495. The molecule has 1 fully saturated rings. The van der Waals surface area contributed by atoms with E-state index in [9.17, 15) is 0 Å². The van der Waals surface area contributed by atoms with Gasteiger partial charge in [0.25, 0.3) is 0 Å². The Morgan fingerprint density at radius 2 is 1.61 bits per heavy atom. The quantitative estimate of drug-likeness (QED) is 0.329. The van der Waals surface area contributed by atoms with E-state index in [0.717, 1.165) is 32.2 Å². The van der Waals surface area contributed by atoms with E-state index < -0.39 is 0 Å². The Morgan fingerprint density at radius 3 is 1.96 bits per heavy atom. The summed E-state index contributed by atoms with van der Waals surface area (Å²) in [5.74, 6) is 2.77. The van der Waals surface area contributed by atoms with Crippen molar-refractivity contribution in [2.75, 3.05) is 6.54 Å². The monoisotopic (exact) mass is 394 g/mol. The van der Waals surface area contributed by atoms with Gasteiger partial charge in [-0.1, -0.05) is 55.4 Å². The molecule has 1 atom stereocenters. The van der Waals surface area contributed by atoms with E-state index in [1.165, 1.54) is 0 Å². The van der Waals surface area contributed by atoms with Crippen LogP contribution in [0.15, 0.2) is 0 Å². The number of hydrogen-bond acceptors (Lipinski definition) is 4. The molecule has 0 aliphatic carbocycles. The molecule has 1 aliphatic rings. The zero-order chi connectivity index (χ0) is 22.4. The Hall–Kier alpha value is -1.72. The highest BCUT2D eigenvalue weighted by atomic mass is 15.2. The molecule has 0 aromatic carbocycles. The van der Waals surface area contributed by atoms with Crippen molar-refractivity contribution in [3.05, 3.63) is 0 Å². The molecular weight excluding hydrogens is 348 g/mol. The first-order valence-corrected chi connectivity index (χ1v) is 11.0. The van der Waals surface area contributed by atoms with Crippen molar-refractivity contribution in [1.29, 1.82) is 21.6 Å². The molecule has 0 aromatic heterocycles. The van der Waals surface area contributed by atoms with Crippen LogP contribution in [0.3, 0.4) is 0 Å².